The van der Waals surface area contributed by atoms with Crippen LogP contribution in [-0.2, 0) is 0 Å². The van der Waals surface area contributed by atoms with Gasteiger partial charge in [0.15, 0.2) is 11.6 Å². The van der Waals surface area contributed by atoms with Crippen LogP contribution in [0.25, 0.3) is 11.4 Å². The number of ether oxygens (including phenoxy) is 2. The van der Waals surface area contributed by atoms with Crippen LogP contribution in [0.2, 0.25) is 0 Å². The topological polar surface area (TPSA) is 44.2 Å². The van der Waals surface area contributed by atoms with E-state index < -0.39 is 0 Å². The SMILES string of the molecule is CCCCCCCCOc1ccc(-c2ncc(OCCCCCCCCC3CCCC3)cn2)cc1. The zero-order chi connectivity index (χ0) is 24.4. The van der Waals surface area contributed by atoms with E-state index >= 15 is 0 Å². The van der Waals surface area contributed by atoms with Crippen molar-refractivity contribution >= 4 is 0 Å². The van der Waals surface area contributed by atoms with Gasteiger partial charge in [-0.1, -0.05) is 103 Å². The van der Waals surface area contributed by atoms with Gasteiger partial charge in [0.05, 0.1) is 25.6 Å². The summed E-state index contributed by atoms with van der Waals surface area (Å²) < 4.78 is 11.7. The van der Waals surface area contributed by atoms with E-state index in [9.17, 15) is 0 Å². The Kier molecular flexibility index (Phi) is 13.6. The van der Waals surface area contributed by atoms with Gasteiger partial charge in [0.2, 0.25) is 0 Å². The molecular weight excluding hydrogens is 432 g/mol. The van der Waals surface area contributed by atoms with Gasteiger partial charge in [-0.3, -0.25) is 0 Å². The molecule has 1 aliphatic rings. The highest BCUT2D eigenvalue weighted by molar-refractivity contribution is 5.56. The molecule has 1 heterocycles. The molecule has 1 aliphatic carbocycles. The molecule has 1 saturated carbocycles. The van der Waals surface area contributed by atoms with Crippen molar-refractivity contribution in [2.45, 2.75) is 116 Å². The Balaban J connectivity index is 1.23. The van der Waals surface area contributed by atoms with Crippen molar-refractivity contribution in [3.63, 3.8) is 0 Å². The van der Waals surface area contributed by atoms with Crippen LogP contribution < -0.4 is 9.47 Å². The molecule has 0 N–H and O–H groups in total. The van der Waals surface area contributed by atoms with E-state index in [1.54, 1.807) is 12.4 Å². The summed E-state index contributed by atoms with van der Waals surface area (Å²) in [6, 6.07) is 8.07. The van der Waals surface area contributed by atoms with E-state index in [2.05, 4.69) is 16.9 Å². The molecule has 0 bridgehead atoms. The lowest BCUT2D eigenvalue weighted by Crippen LogP contribution is -1.99. The molecule has 0 spiro atoms. The van der Waals surface area contributed by atoms with Gasteiger partial charge in [-0.05, 0) is 43.0 Å². The fourth-order valence-corrected chi connectivity index (χ4v) is 5.04. The molecule has 35 heavy (non-hydrogen) atoms. The Morgan fingerprint density at radius 1 is 0.657 bits per heavy atom. The second-order valence-electron chi connectivity index (χ2n) is 10.3. The fourth-order valence-electron chi connectivity index (χ4n) is 5.04. The second kappa shape index (κ2) is 17.3. The summed E-state index contributed by atoms with van der Waals surface area (Å²) in [5, 5.41) is 0. The van der Waals surface area contributed by atoms with Crippen molar-refractivity contribution in [2.24, 2.45) is 5.92 Å². The predicted molar refractivity (Wildman–Crippen MR) is 146 cm³/mol. The molecule has 0 radical (unpaired) electrons. The minimum absolute atomic E-state index is 0.720. The van der Waals surface area contributed by atoms with Gasteiger partial charge in [-0.2, -0.15) is 0 Å². The number of hydrogen-bond donors (Lipinski definition) is 0. The first-order chi connectivity index (χ1) is 17.3. The average Bonchev–Trinajstić information content (AvgIpc) is 3.42. The van der Waals surface area contributed by atoms with Crippen LogP contribution >= 0.6 is 0 Å². The molecular formula is C31H48N2O2. The van der Waals surface area contributed by atoms with Crippen LogP contribution in [-0.4, -0.2) is 23.2 Å². The molecule has 4 nitrogen and oxygen atoms in total. The lowest BCUT2D eigenvalue weighted by Gasteiger charge is -2.09. The first-order valence-corrected chi connectivity index (χ1v) is 14.5. The van der Waals surface area contributed by atoms with Crippen LogP contribution in [0.3, 0.4) is 0 Å². The van der Waals surface area contributed by atoms with Crippen LogP contribution in [0.5, 0.6) is 11.5 Å². The summed E-state index contributed by atoms with van der Waals surface area (Å²) in [5.41, 5.74) is 0.997. The van der Waals surface area contributed by atoms with E-state index in [0.29, 0.717) is 0 Å². The fraction of sp³-hybridized carbons (Fsp3) is 0.677. The van der Waals surface area contributed by atoms with Crippen LogP contribution in [0.4, 0.5) is 0 Å². The zero-order valence-corrected chi connectivity index (χ0v) is 22.2. The molecule has 194 valence electrons. The minimum atomic E-state index is 0.720. The van der Waals surface area contributed by atoms with Crippen LogP contribution in [0.1, 0.15) is 116 Å². The standard InChI is InChI=1S/C31H48N2O2/c1-2-3-4-5-9-14-23-34-29-21-19-28(20-22-29)31-32-25-30(26-33-31)35-24-15-10-7-6-8-11-16-27-17-12-13-18-27/h19-22,25-27H,2-18,23-24H2,1H3. The number of hydrogen-bond acceptors (Lipinski definition) is 4. The van der Waals surface area contributed by atoms with Gasteiger partial charge < -0.3 is 9.47 Å². The third kappa shape index (κ3) is 11.5. The van der Waals surface area contributed by atoms with Crippen molar-refractivity contribution in [1.82, 2.24) is 9.97 Å². The largest absolute Gasteiger partial charge is 0.494 e. The Bertz CT molecular complexity index is 770. The van der Waals surface area contributed by atoms with Crippen LogP contribution in [0.15, 0.2) is 36.7 Å². The third-order valence-corrected chi connectivity index (χ3v) is 7.26. The number of unbranched alkanes of at least 4 members (excludes halogenated alkanes) is 10. The number of benzene rings is 1. The molecule has 4 heteroatoms. The van der Waals surface area contributed by atoms with E-state index in [-0.39, 0.29) is 0 Å². The maximum Gasteiger partial charge on any atom is 0.159 e. The number of rotatable bonds is 19. The predicted octanol–water partition coefficient (Wildman–Crippen LogP) is 9.18. The summed E-state index contributed by atoms with van der Waals surface area (Å²) in [6.45, 7) is 3.78. The van der Waals surface area contributed by atoms with E-state index in [4.69, 9.17) is 9.47 Å². The molecule has 1 aromatic heterocycles. The zero-order valence-electron chi connectivity index (χ0n) is 22.2. The lowest BCUT2D eigenvalue weighted by atomic mass is 9.99. The third-order valence-electron chi connectivity index (χ3n) is 7.26. The first kappa shape index (κ1) is 27.5. The van der Waals surface area contributed by atoms with Crippen molar-refractivity contribution < 1.29 is 9.47 Å². The normalized spacial score (nSPS) is 13.9. The summed E-state index contributed by atoms with van der Waals surface area (Å²) >= 11 is 0. The van der Waals surface area contributed by atoms with E-state index in [0.717, 1.165) is 54.9 Å². The molecule has 1 fully saturated rings. The first-order valence-electron chi connectivity index (χ1n) is 14.5. The van der Waals surface area contributed by atoms with E-state index in [1.807, 2.05) is 24.3 Å². The molecule has 0 saturated heterocycles. The molecule has 0 amide bonds. The molecule has 0 unspecified atom stereocenters. The molecule has 3 rings (SSSR count). The molecule has 1 aromatic carbocycles. The van der Waals surface area contributed by atoms with E-state index in [1.165, 1.54) is 96.3 Å². The van der Waals surface area contributed by atoms with Crippen molar-refractivity contribution in [1.29, 1.82) is 0 Å². The maximum absolute atomic E-state index is 5.87. The number of nitrogens with zero attached hydrogens (tertiary/aromatic N) is 2. The Morgan fingerprint density at radius 2 is 1.20 bits per heavy atom. The number of aromatic nitrogens is 2. The van der Waals surface area contributed by atoms with Gasteiger partial charge in [0, 0.05) is 5.56 Å². The second-order valence-corrected chi connectivity index (χ2v) is 10.3. The average molecular weight is 481 g/mol. The summed E-state index contributed by atoms with van der Waals surface area (Å²) in [7, 11) is 0. The Morgan fingerprint density at radius 3 is 1.83 bits per heavy atom. The van der Waals surface area contributed by atoms with Gasteiger partial charge in [-0.15, -0.1) is 0 Å². The molecule has 0 aliphatic heterocycles. The Labute approximate surface area is 214 Å². The maximum atomic E-state index is 5.87. The summed E-state index contributed by atoms with van der Waals surface area (Å²) in [5.74, 6) is 3.43. The van der Waals surface area contributed by atoms with Crippen molar-refractivity contribution in [3.05, 3.63) is 36.7 Å². The van der Waals surface area contributed by atoms with Gasteiger partial charge in [-0.25, -0.2) is 9.97 Å². The van der Waals surface area contributed by atoms with Crippen molar-refractivity contribution in [2.75, 3.05) is 13.2 Å². The minimum Gasteiger partial charge on any atom is -0.494 e. The highest BCUT2D eigenvalue weighted by atomic mass is 16.5. The van der Waals surface area contributed by atoms with Gasteiger partial charge in [0.1, 0.15) is 5.75 Å². The van der Waals surface area contributed by atoms with Crippen molar-refractivity contribution in [3.8, 4) is 22.9 Å². The summed E-state index contributed by atoms with van der Waals surface area (Å²) in [6.07, 6.45) is 26.5. The summed E-state index contributed by atoms with van der Waals surface area (Å²) in [4.78, 5) is 8.99. The highest BCUT2D eigenvalue weighted by Gasteiger charge is 2.13. The Hall–Kier alpha value is -2.10. The smallest absolute Gasteiger partial charge is 0.159 e. The highest BCUT2D eigenvalue weighted by Crippen LogP contribution is 2.29. The quantitative estimate of drug-likeness (QED) is 0.188. The monoisotopic (exact) mass is 480 g/mol. The lowest BCUT2D eigenvalue weighted by molar-refractivity contribution is 0.302. The van der Waals surface area contributed by atoms with Gasteiger partial charge >= 0.3 is 0 Å². The van der Waals surface area contributed by atoms with Crippen LogP contribution in [0, 0.1) is 5.92 Å². The molecule has 0 atom stereocenters. The van der Waals surface area contributed by atoms with Gasteiger partial charge in [0.25, 0.3) is 0 Å². The molecule has 2 aromatic rings.